The number of esters is 1. The molecular formula is C17H20N2O6. The summed E-state index contributed by atoms with van der Waals surface area (Å²) < 4.78 is 15.2. The van der Waals surface area contributed by atoms with Gasteiger partial charge in [-0.2, -0.15) is 0 Å². The molecule has 8 nitrogen and oxygen atoms in total. The normalized spacial score (nSPS) is 13.4. The Morgan fingerprint density at radius 1 is 1.28 bits per heavy atom. The van der Waals surface area contributed by atoms with Gasteiger partial charge in [-0.1, -0.05) is 13.0 Å². The van der Waals surface area contributed by atoms with Crippen LogP contribution in [-0.4, -0.2) is 37.3 Å². The highest BCUT2D eigenvalue weighted by atomic mass is 16.7. The van der Waals surface area contributed by atoms with Gasteiger partial charge in [-0.25, -0.2) is 9.59 Å². The minimum Gasteiger partial charge on any atom is -0.454 e. The molecule has 1 aromatic rings. The van der Waals surface area contributed by atoms with Crippen molar-refractivity contribution in [3.63, 3.8) is 0 Å². The zero-order chi connectivity index (χ0) is 18.2. The maximum absolute atomic E-state index is 11.6. The average Bonchev–Trinajstić information content (AvgIpc) is 3.05. The molecule has 25 heavy (non-hydrogen) atoms. The molecule has 0 unspecified atom stereocenters. The Kier molecular flexibility index (Phi) is 6.39. The van der Waals surface area contributed by atoms with Crippen LogP contribution >= 0.6 is 0 Å². The first kappa shape index (κ1) is 18.3. The third-order valence-corrected chi connectivity index (χ3v) is 3.40. The molecule has 1 atom stereocenters. The molecule has 0 spiro atoms. The Balaban J connectivity index is 1.74. The van der Waals surface area contributed by atoms with Crippen LogP contribution in [0, 0.1) is 0 Å². The molecule has 3 amide bonds. The number of imide groups is 1. The van der Waals surface area contributed by atoms with Gasteiger partial charge in [0.1, 0.15) is 0 Å². The van der Waals surface area contributed by atoms with Gasteiger partial charge in [0.2, 0.25) is 6.79 Å². The molecule has 0 aromatic heterocycles. The molecule has 0 aliphatic carbocycles. The summed E-state index contributed by atoms with van der Waals surface area (Å²) in [5, 5.41) is 4.65. The maximum Gasteiger partial charge on any atom is 0.331 e. The van der Waals surface area contributed by atoms with Gasteiger partial charge >= 0.3 is 12.0 Å². The van der Waals surface area contributed by atoms with E-state index in [0.717, 1.165) is 12.0 Å². The van der Waals surface area contributed by atoms with E-state index >= 15 is 0 Å². The third-order valence-electron chi connectivity index (χ3n) is 3.40. The van der Waals surface area contributed by atoms with Crippen molar-refractivity contribution in [1.29, 1.82) is 0 Å². The van der Waals surface area contributed by atoms with Gasteiger partial charge in [-0.15, -0.1) is 0 Å². The molecule has 2 N–H and O–H groups in total. The number of urea groups is 1. The molecule has 0 radical (unpaired) electrons. The van der Waals surface area contributed by atoms with Crippen molar-refractivity contribution in [2.24, 2.45) is 0 Å². The molecule has 2 rings (SSSR count). The highest BCUT2D eigenvalue weighted by molar-refractivity contribution is 5.96. The molecule has 1 aliphatic rings. The van der Waals surface area contributed by atoms with Crippen molar-refractivity contribution in [2.75, 3.05) is 13.4 Å². The lowest BCUT2D eigenvalue weighted by atomic mass is 10.2. The fourth-order valence-electron chi connectivity index (χ4n) is 1.89. The summed E-state index contributed by atoms with van der Waals surface area (Å²) in [5.41, 5.74) is 0.721. The monoisotopic (exact) mass is 348 g/mol. The minimum atomic E-state index is -0.703. The fraction of sp³-hybridized carbons (Fsp3) is 0.353. The molecule has 0 saturated heterocycles. The predicted molar refractivity (Wildman–Crippen MR) is 89.0 cm³/mol. The van der Waals surface area contributed by atoms with E-state index in [4.69, 9.17) is 14.2 Å². The lowest BCUT2D eigenvalue weighted by Crippen LogP contribution is -2.44. The predicted octanol–water partition coefficient (Wildman–Crippen LogP) is 1.60. The first-order valence-electron chi connectivity index (χ1n) is 7.82. The molecule has 1 heterocycles. The number of hydrogen-bond donors (Lipinski definition) is 2. The Hall–Kier alpha value is -3.03. The van der Waals surface area contributed by atoms with E-state index in [1.54, 1.807) is 18.2 Å². The number of nitrogens with one attached hydrogen (secondary N) is 2. The van der Waals surface area contributed by atoms with Gasteiger partial charge in [0.05, 0.1) is 0 Å². The van der Waals surface area contributed by atoms with Crippen LogP contribution in [0.3, 0.4) is 0 Å². The molecule has 0 fully saturated rings. The van der Waals surface area contributed by atoms with E-state index in [9.17, 15) is 14.4 Å². The standard InChI is InChI=1S/C17H20N2O6/c1-3-11(2)18-17(22)19-15(20)9-23-16(21)7-5-12-4-6-13-14(8-12)25-10-24-13/h4-8,11H,3,9-10H2,1-2H3,(H2,18,19,20,22)/b7-5+/t11-/m0/s1. The first-order valence-corrected chi connectivity index (χ1v) is 7.82. The van der Waals surface area contributed by atoms with Crippen LogP contribution in [0.5, 0.6) is 11.5 Å². The number of rotatable bonds is 6. The van der Waals surface area contributed by atoms with Crippen LogP contribution in [0.4, 0.5) is 4.79 Å². The molecular weight excluding hydrogens is 328 g/mol. The second-order valence-corrected chi connectivity index (χ2v) is 5.38. The van der Waals surface area contributed by atoms with Gasteiger partial charge in [0.15, 0.2) is 18.1 Å². The number of ether oxygens (including phenoxy) is 3. The highest BCUT2D eigenvalue weighted by Crippen LogP contribution is 2.32. The summed E-state index contributed by atoms with van der Waals surface area (Å²) in [6, 6.07) is 4.53. The number of benzene rings is 1. The maximum atomic E-state index is 11.6. The Morgan fingerprint density at radius 3 is 2.80 bits per heavy atom. The van der Waals surface area contributed by atoms with E-state index in [1.165, 1.54) is 12.2 Å². The van der Waals surface area contributed by atoms with Crippen molar-refractivity contribution in [3.8, 4) is 11.5 Å². The number of carbonyl (C=O) groups excluding carboxylic acids is 3. The summed E-state index contributed by atoms with van der Waals surface area (Å²) in [5.74, 6) is -0.157. The number of amides is 3. The van der Waals surface area contributed by atoms with E-state index < -0.39 is 24.5 Å². The van der Waals surface area contributed by atoms with Crippen LogP contribution in [0.25, 0.3) is 6.08 Å². The zero-order valence-electron chi connectivity index (χ0n) is 14.0. The number of fused-ring (bicyclic) bond motifs is 1. The van der Waals surface area contributed by atoms with Crippen LogP contribution in [-0.2, 0) is 14.3 Å². The fourth-order valence-corrected chi connectivity index (χ4v) is 1.89. The zero-order valence-corrected chi connectivity index (χ0v) is 14.0. The second kappa shape index (κ2) is 8.72. The smallest absolute Gasteiger partial charge is 0.331 e. The van der Waals surface area contributed by atoms with Gasteiger partial charge < -0.3 is 19.5 Å². The molecule has 134 valence electrons. The van der Waals surface area contributed by atoms with Crippen molar-refractivity contribution < 1.29 is 28.6 Å². The Labute approximate surface area is 145 Å². The molecule has 1 aromatic carbocycles. The largest absolute Gasteiger partial charge is 0.454 e. The van der Waals surface area contributed by atoms with Gasteiger partial charge in [-0.05, 0) is 37.1 Å². The number of hydrogen-bond acceptors (Lipinski definition) is 6. The lowest BCUT2D eigenvalue weighted by Gasteiger charge is -2.11. The van der Waals surface area contributed by atoms with Crippen LogP contribution in [0.15, 0.2) is 24.3 Å². The van der Waals surface area contributed by atoms with Gasteiger partial charge in [0, 0.05) is 12.1 Å². The topological polar surface area (TPSA) is 103 Å². The summed E-state index contributed by atoms with van der Waals surface area (Å²) in [4.78, 5) is 34.6. The van der Waals surface area contributed by atoms with Crippen molar-refractivity contribution in [3.05, 3.63) is 29.8 Å². The highest BCUT2D eigenvalue weighted by Gasteiger charge is 2.13. The molecule has 0 bridgehead atoms. The third kappa shape index (κ3) is 5.83. The van der Waals surface area contributed by atoms with Crippen molar-refractivity contribution in [1.82, 2.24) is 10.6 Å². The Bertz CT molecular complexity index is 686. The van der Waals surface area contributed by atoms with E-state index in [0.29, 0.717) is 11.5 Å². The van der Waals surface area contributed by atoms with Gasteiger partial charge in [0.25, 0.3) is 5.91 Å². The summed E-state index contributed by atoms with van der Waals surface area (Å²) in [6.45, 7) is 3.34. The quantitative estimate of drug-likeness (QED) is 0.598. The van der Waals surface area contributed by atoms with E-state index in [1.807, 2.05) is 13.8 Å². The summed E-state index contributed by atoms with van der Waals surface area (Å²) >= 11 is 0. The van der Waals surface area contributed by atoms with E-state index in [-0.39, 0.29) is 12.8 Å². The van der Waals surface area contributed by atoms with Crippen LogP contribution in [0.2, 0.25) is 0 Å². The number of carbonyl (C=O) groups is 3. The van der Waals surface area contributed by atoms with Gasteiger partial charge in [-0.3, -0.25) is 10.1 Å². The first-order chi connectivity index (χ1) is 12.0. The van der Waals surface area contributed by atoms with Crippen molar-refractivity contribution >= 4 is 24.0 Å². The molecule has 1 aliphatic heterocycles. The Morgan fingerprint density at radius 2 is 2.04 bits per heavy atom. The summed E-state index contributed by atoms with van der Waals surface area (Å²) in [7, 11) is 0. The molecule has 8 heteroatoms. The molecule has 0 saturated carbocycles. The van der Waals surface area contributed by atoms with Crippen LogP contribution in [0.1, 0.15) is 25.8 Å². The summed E-state index contributed by atoms with van der Waals surface area (Å²) in [6.07, 6.45) is 3.45. The second-order valence-electron chi connectivity index (χ2n) is 5.38. The van der Waals surface area contributed by atoms with Crippen LogP contribution < -0.4 is 20.1 Å². The minimum absolute atomic E-state index is 0.0556. The average molecular weight is 348 g/mol. The van der Waals surface area contributed by atoms with Crippen molar-refractivity contribution in [2.45, 2.75) is 26.3 Å². The van der Waals surface area contributed by atoms with E-state index in [2.05, 4.69) is 10.6 Å². The SMILES string of the molecule is CC[C@H](C)NC(=O)NC(=O)COC(=O)/C=C/c1ccc2c(c1)OCO2. The lowest BCUT2D eigenvalue weighted by molar-refractivity contribution is -0.143.